The number of halogens is 3. The number of anilines is 1. The van der Waals surface area contributed by atoms with Crippen LogP contribution >= 0.6 is 11.8 Å². The van der Waals surface area contributed by atoms with Crippen LogP contribution in [0.1, 0.15) is 27.2 Å². The normalized spacial score (nSPS) is 14.3. The highest BCUT2D eigenvalue weighted by Gasteiger charge is 2.48. The number of hydrogen-bond donors (Lipinski definition) is 2. The van der Waals surface area contributed by atoms with E-state index < -0.39 is 49.5 Å². The van der Waals surface area contributed by atoms with Gasteiger partial charge in [-0.3, -0.25) is 0 Å². The minimum absolute atomic E-state index is 0.0719. The van der Waals surface area contributed by atoms with E-state index >= 15 is 0 Å². The van der Waals surface area contributed by atoms with E-state index in [-0.39, 0.29) is 10.7 Å². The second kappa shape index (κ2) is 13.8. The number of benzene rings is 2. The Morgan fingerprint density at radius 2 is 1.63 bits per heavy atom. The number of sulfone groups is 1. The summed E-state index contributed by atoms with van der Waals surface area (Å²) in [5, 5.41) is 8.09. The summed E-state index contributed by atoms with van der Waals surface area (Å²) in [5.74, 6) is 0.404. The van der Waals surface area contributed by atoms with Crippen molar-refractivity contribution >= 4 is 45.6 Å². The molecule has 0 aliphatic rings. The van der Waals surface area contributed by atoms with Crippen molar-refractivity contribution in [3.05, 3.63) is 48.5 Å². The lowest BCUT2D eigenvalue weighted by Gasteiger charge is -2.36. The third-order valence-corrected chi connectivity index (χ3v) is 15.2. The fraction of sp³-hybridized carbons (Fsp3) is 0.538. The molecular weight excluding hydrogens is 616 g/mol. The van der Waals surface area contributed by atoms with E-state index in [1.807, 2.05) is 42.3 Å². The highest BCUT2D eigenvalue weighted by Crippen LogP contribution is 2.37. The average Bonchev–Trinajstić information content (AvgIpc) is 2.84. The van der Waals surface area contributed by atoms with Gasteiger partial charge in [-0.05, 0) is 68.5 Å². The Morgan fingerprint density at radius 1 is 1.02 bits per heavy atom. The van der Waals surface area contributed by atoms with Crippen LogP contribution in [0.15, 0.2) is 63.2 Å². The van der Waals surface area contributed by atoms with Gasteiger partial charge in [0.1, 0.15) is 4.90 Å². The molecule has 41 heavy (non-hydrogen) atoms. The molecule has 0 spiro atoms. The molecular formula is C26H40F3N3O5S3Si. The van der Waals surface area contributed by atoms with Crippen LogP contribution in [0.25, 0.3) is 0 Å². The lowest BCUT2D eigenvalue weighted by molar-refractivity contribution is -0.0435. The van der Waals surface area contributed by atoms with Crippen LogP contribution in [0, 0.1) is 0 Å². The number of nitrogens with zero attached hydrogens (tertiary/aromatic N) is 1. The second-order valence-electron chi connectivity index (χ2n) is 11.3. The zero-order valence-corrected chi connectivity index (χ0v) is 27.6. The zero-order chi connectivity index (χ0) is 31.3. The summed E-state index contributed by atoms with van der Waals surface area (Å²) in [6, 6.07) is 11.4. The number of hydrogen-bond acceptors (Lipinski definition) is 8. The Balaban J connectivity index is 2.29. The molecule has 1 atom stereocenters. The Labute approximate surface area is 247 Å². The number of primary sulfonamides is 1. The topological polar surface area (TPSA) is 119 Å². The van der Waals surface area contributed by atoms with E-state index in [9.17, 15) is 30.0 Å². The number of thioether (sulfide) groups is 1. The van der Waals surface area contributed by atoms with Crippen LogP contribution in [0.5, 0.6) is 0 Å². The van der Waals surface area contributed by atoms with Crippen molar-refractivity contribution in [2.45, 2.75) is 71.6 Å². The molecule has 2 aromatic carbocycles. The fourth-order valence-electron chi connectivity index (χ4n) is 3.44. The quantitative estimate of drug-likeness (QED) is 0.201. The summed E-state index contributed by atoms with van der Waals surface area (Å²) >= 11 is 1.46. The van der Waals surface area contributed by atoms with Crippen LogP contribution < -0.4 is 10.5 Å². The maximum absolute atomic E-state index is 13.5. The smallest absolute Gasteiger partial charge is 0.416 e. The number of sulfonamides is 1. The van der Waals surface area contributed by atoms with E-state index in [2.05, 4.69) is 39.2 Å². The molecule has 0 unspecified atom stereocenters. The summed E-state index contributed by atoms with van der Waals surface area (Å²) < 4.78 is 95.3. The molecule has 0 fully saturated rings. The maximum atomic E-state index is 13.5. The van der Waals surface area contributed by atoms with Gasteiger partial charge in [0.15, 0.2) is 8.32 Å². The van der Waals surface area contributed by atoms with Gasteiger partial charge in [-0.25, -0.2) is 22.0 Å². The van der Waals surface area contributed by atoms with Crippen LogP contribution in [-0.2, 0) is 24.3 Å². The van der Waals surface area contributed by atoms with Crippen LogP contribution in [0.2, 0.25) is 18.1 Å². The molecule has 2 aromatic rings. The van der Waals surface area contributed by atoms with Crippen molar-refractivity contribution in [2.24, 2.45) is 5.14 Å². The van der Waals surface area contributed by atoms with Gasteiger partial charge in [0.2, 0.25) is 10.0 Å². The van der Waals surface area contributed by atoms with Crippen LogP contribution in [-0.4, -0.2) is 74.1 Å². The molecule has 0 bridgehead atoms. The van der Waals surface area contributed by atoms with Crippen molar-refractivity contribution in [3.8, 4) is 0 Å². The Hall–Kier alpha value is -1.62. The number of rotatable bonds is 14. The molecule has 3 N–H and O–H groups in total. The van der Waals surface area contributed by atoms with Gasteiger partial charge in [-0.15, -0.1) is 11.8 Å². The number of alkyl halides is 3. The largest absolute Gasteiger partial charge is 0.501 e. The minimum atomic E-state index is -5.88. The van der Waals surface area contributed by atoms with Crippen molar-refractivity contribution in [1.82, 2.24) is 4.90 Å². The number of likely N-dealkylation sites (N-methyl/N-ethyl adjacent to an activating group) is 1. The van der Waals surface area contributed by atoms with E-state index in [1.54, 1.807) is 0 Å². The molecule has 0 saturated carbocycles. The third kappa shape index (κ3) is 10.3. The van der Waals surface area contributed by atoms with E-state index in [1.165, 1.54) is 11.8 Å². The lowest BCUT2D eigenvalue weighted by atomic mass is 10.2. The standard InChI is InChI=1S/C26H40F3N3O5S3Si/c1-25(2,3)41(5,6)37-17-16-32(4)15-14-20(19-38-21-10-8-7-9-11-21)31-23-13-12-22(40(30,35)36)18-24(23)39(33,34)26(27,28)29/h7-13,18,20,31H,14-17,19H2,1-6H3,(H2,30,35,36)/t20-/m1/s1. The van der Waals surface area contributed by atoms with Gasteiger partial charge in [-0.1, -0.05) is 39.0 Å². The molecule has 0 aliphatic heterocycles. The monoisotopic (exact) mass is 655 g/mol. The van der Waals surface area contributed by atoms with Crippen molar-refractivity contribution in [2.75, 3.05) is 37.8 Å². The molecule has 0 aliphatic carbocycles. The predicted octanol–water partition coefficient (Wildman–Crippen LogP) is 5.54. The van der Waals surface area contributed by atoms with Gasteiger partial charge < -0.3 is 14.6 Å². The molecule has 0 aromatic heterocycles. The van der Waals surface area contributed by atoms with Gasteiger partial charge in [0.05, 0.1) is 10.6 Å². The number of nitrogens with one attached hydrogen (secondary N) is 1. The average molecular weight is 656 g/mol. The Bertz CT molecular complexity index is 1370. The molecule has 0 saturated heterocycles. The van der Waals surface area contributed by atoms with Gasteiger partial charge in [0, 0.05) is 29.8 Å². The third-order valence-electron chi connectivity index (χ3n) is 7.03. The Morgan fingerprint density at radius 3 is 2.17 bits per heavy atom. The molecule has 0 radical (unpaired) electrons. The summed E-state index contributed by atoms with van der Waals surface area (Å²) in [4.78, 5) is 1.06. The van der Waals surface area contributed by atoms with Gasteiger partial charge in [-0.2, -0.15) is 13.2 Å². The van der Waals surface area contributed by atoms with E-state index in [0.29, 0.717) is 37.9 Å². The number of nitrogens with two attached hydrogens (primary N) is 1. The van der Waals surface area contributed by atoms with Crippen molar-refractivity contribution in [3.63, 3.8) is 0 Å². The maximum Gasteiger partial charge on any atom is 0.501 e. The minimum Gasteiger partial charge on any atom is -0.416 e. The summed E-state index contributed by atoms with van der Waals surface area (Å²) in [6.45, 7) is 12.5. The lowest BCUT2D eigenvalue weighted by Crippen LogP contribution is -2.42. The highest BCUT2D eigenvalue weighted by atomic mass is 32.2. The molecule has 15 heteroatoms. The predicted molar refractivity (Wildman–Crippen MR) is 161 cm³/mol. The molecule has 0 heterocycles. The van der Waals surface area contributed by atoms with E-state index in [0.717, 1.165) is 17.0 Å². The van der Waals surface area contributed by atoms with Gasteiger partial charge >= 0.3 is 5.51 Å². The van der Waals surface area contributed by atoms with Crippen LogP contribution in [0.3, 0.4) is 0 Å². The highest BCUT2D eigenvalue weighted by molar-refractivity contribution is 7.99. The first-order chi connectivity index (χ1) is 18.6. The Kier molecular flexibility index (Phi) is 12.0. The molecule has 0 amide bonds. The van der Waals surface area contributed by atoms with Crippen LogP contribution in [0.4, 0.5) is 18.9 Å². The van der Waals surface area contributed by atoms with Gasteiger partial charge in [0.25, 0.3) is 9.84 Å². The van der Waals surface area contributed by atoms with Crippen molar-refractivity contribution < 1.29 is 34.4 Å². The molecule has 2 rings (SSSR count). The SMILES string of the molecule is CN(CCO[Si](C)(C)C(C)(C)C)CC[C@H](CSc1ccccc1)Nc1ccc(S(N)(=O)=O)cc1S(=O)(=O)C(F)(F)F. The van der Waals surface area contributed by atoms with E-state index in [4.69, 9.17) is 9.56 Å². The molecule has 232 valence electrons. The first kappa shape index (κ1) is 35.6. The summed E-state index contributed by atoms with van der Waals surface area (Å²) in [7, 11) is -10.3. The fourth-order valence-corrected chi connectivity index (χ4v) is 7.03. The summed E-state index contributed by atoms with van der Waals surface area (Å²) in [5.41, 5.74) is -5.99. The molecule has 8 nitrogen and oxygen atoms in total. The first-order valence-corrected chi connectivity index (χ1v) is 19.8. The summed E-state index contributed by atoms with van der Waals surface area (Å²) in [6.07, 6.45) is 0.457. The first-order valence-electron chi connectivity index (χ1n) is 12.9. The second-order valence-corrected chi connectivity index (χ2v) is 20.7. The zero-order valence-electron chi connectivity index (χ0n) is 24.2. The van der Waals surface area contributed by atoms with Crippen molar-refractivity contribution in [1.29, 1.82) is 0 Å².